The molecular formula is C15H15ClN2. The van der Waals surface area contributed by atoms with E-state index >= 15 is 0 Å². The van der Waals surface area contributed by atoms with Crippen LogP contribution in [-0.4, -0.2) is 5.84 Å². The summed E-state index contributed by atoms with van der Waals surface area (Å²) < 4.78 is 0. The zero-order chi connectivity index (χ0) is 13.0. The maximum absolute atomic E-state index is 5.97. The van der Waals surface area contributed by atoms with E-state index in [0.717, 1.165) is 16.1 Å². The highest BCUT2D eigenvalue weighted by atomic mass is 35.5. The van der Waals surface area contributed by atoms with Crippen LogP contribution in [0, 0.1) is 6.92 Å². The average Bonchev–Trinajstić information content (AvgIpc) is 2.36. The van der Waals surface area contributed by atoms with Gasteiger partial charge in [0.1, 0.15) is 5.84 Å². The summed E-state index contributed by atoms with van der Waals surface area (Å²) in [4.78, 5) is 4.38. The minimum Gasteiger partial charge on any atom is -0.383 e. The third-order valence-electron chi connectivity index (χ3n) is 2.63. The molecule has 0 saturated carbocycles. The Balaban J connectivity index is 2.14. The van der Waals surface area contributed by atoms with Gasteiger partial charge in [0.15, 0.2) is 0 Å². The first-order valence-corrected chi connectivity index (χ1v) is 6.14. The Labute approximate surface area is 112 Å². The number of nitrogens with zero attached hydrogens (tertiary/aromatic N) is 1. The molecule has 0 unspecified atom stereocenters. The van der Waals surface area contributed by atoms with Gasteiger partial charge in [0.05, 0.1) is 6.54 Å². The molecule has 0 fully saturated rings. The number of hydrogen-bond donors (Lipinski definition) is 1. The van der Waals surface area contributed by atoms with Gasteiger partial charge >= 0.3 is 0 Å². The van der Waals surface area contributed by atoms with Gasteiger partial charge in [-0.15, -0.1) is 0 Å². The summed E-state index contributed by atoms with van der Waals surface area (Å²) in [5.74, 6) is 0.554. The Kier molecular flexibility index (Phi) is 4.00. The number of nitrogens with two attached hydrogens (primary N) is 1. The lowest BCUT2D eigenvalue weighted by atomic mass is 10.1. The Bertz CT molecular complexity index is 576. The Hall–Kier alpha value is -1.80. The number of halogens is 1. The molecule has 0 amide bonds. The normalized spacial score (nSPS) is 11.6. The zero-order valence-electron chi connectivity index (χ0n) is 10.2. The van der Waals surface area contributed by atoms with Crippen LogP contribution < -0.4 is 5.73 Å². The van der Waals surface area contributed by atoms with Crippen molar-refractivity contribution in [3.05, 3.63) is 70.2 Å². The molecule has 0 bridgehead atoms. The molecule has 0 aliphatic carbocycles. The van der Waals surface area contributed by atoms with Crippen LogP contribution in [0.25, 0.3) is 0 Å². The van der Waals surface area contributed by atoms with Crippen LogP contribution >= 0.6 is 11.6 Å². The molecule has 2 aromatic carbocycles. The molecule has 0 aromatic heterocycles. The Morgan fingerprint density at radius 1 is 1.17 bits per heavy atom. The number of aryl methyl sites for hydroxylation is 1. The van der Waals surface area contributed by atoms with Crippen molar-refractivity contribution < 1.29 is 0 Å². The predicted octanol–water partition coefficient (Wildman–Crippen LogP) is 3.55. The molecule has 0 saturated heterocycles. The maximum Gasteiger partial charge on any atom is 0.125 e. The number of aliphatic imine (C=N–C) groups is 1. The van der Waals surface area contributed by atoms with Gasteiger partial charge in [-0.25, -0.2) is 0 Å². The van der Waals surface area contributed by atoms with Crippen LogP contribution in [0.3, 0.4) is 0 Å². The van der Waals surface area contributed by atoms with E-state index in [4.69, 9.17) is 17.3 Å². The zero-order valence-corrected chi connectivity index (χ0v) is 11.0. The molecule has 92 valence electrons. The highest BCUT2D eigenvalue weighted by Gasteiger charge is 1.98. The number of benzene rings is 2. The Morgan fingerprint density at radius 3 is 2.67 bits per heavy atom. The van der Waals surface area contributed by atoms with E-state index in [-0.39, 0.29) is 0 Å². The van der Waals surface area contributed by atoms with Crippen LogP contribution in [0.4, 0.5) is 0 Å². The monoisotopic (exact) mass is 258 g/mol. The molecule has 2 nitrogen and oxygen atoms in total. The summed E-state index contributed by atoms with van der Waals surface area (Å²) in [7, 11) is 0. The number of hydrogen-bond acceptors (Lipinski definition) is 1. The summed E-state index contributed by atoms with van der Waals surface area (Å²) in [6.45, 7) is 2.58. The topological polar surface area (TPSA) is 38.4 Å². The van der Waals surface area contributed by atoms with Gasteiger partial charge < -0.3 is 5.73 Å². The molecule has 2 N–H and O–H groups in total. The summed E-state index contributed by atoms with van der Waals surface area (Å²) in [5.41, 5.74) is 9.15. The minimum atomic E-state index is 0.542. The van der Waals surface area contributed by atoms with Crippen molar-refractivity contribution in [3.63, 3.8) is 0 Å². The van der Waals surface area contributed by atoms with Gasteiger partial charge in [-0.2, -0.15) is 0 Å². The summed E-state index contributed by atoms with van der Waals surface area (Å²) in [6, 6.07) is 15.6. The summed E-state index contributed by atoms with van der Waals surface area (Å²) >= 11 is 5.92. The van der Waals surface area contributed by atoms with E-state index in [1.54, 1.807) is 0 Å². The van der Waals surface area contributed by atoms with E-state index in [0.29, 0.717) is 12.4 Å². The molecule has 0 radical (unpaired) electrons. The van der Waals surface area contributed by atoms with Gasteiger partial charge in [-0.1, -0.05) is 47.5 Å². The first-order valence-electron chi connectivity index (χ1n) is 5.76. The maximum atomic E-state index is 5.97. The third kappa shape index (κ3) is 3.34. The fraction of sp³-hybridized carbons (Fsp3) is 0.133. The van der Waals surface area contributed by atoms with Crippen molar-refractivity contribution in [3.8, 4) is 0 Å². The van der Waals surface area contributed by atoms with Crippen LogP contribution in [0.5, 0.6) is 0 Å². The van der Waals surface area contributed by atoms with Crippen molar-refractivity contribution >= 4 is 17.4 Å². The fourth-order valence-electron chi connectivity index (χ4n) is 1.71. The molecular weight excluding hydrogens is 244 g/mol. The van der Waals surface area contributed by atoms with E-state index in [1.807, 2.05) is 55.5 Å². The molecule has 0 atom stereocenters. The van der Waals surface area contributed by atoms with Crippen molar-refractivity contribution in [1.82, 2.24) is 0 Å². The Morgan fingerprint density at radius 2 is 1.94 bits per heavy atom. The van der Waals surface area contributed by atoms with E-state index in [2.05, 4.69) is 4.99 Å². The number of amidine groups is 1. The first-order chi connectivity index (χ1) is 8.65. The molecule has 3 heteroatoms. The molecule has 0 aliphatic heterocycles. The molecule has 18 heavy (non-hydrogen) atoms. The second-order valence-electron chi connectivity index (χ2n) is 4.20. The first kappa shape index (κ1) is 12.7. The quantitative estimate of drug-likeness (QED) is 0.664. The lowest BCUT2D eigenvalue weighted by molar-refractivity contribution is 1.06. The standard InChI is InChI=1S/C15H15ClN2/c1-11-4-2-6-13(8-11)15(17)18-10-12-5-3-7-14(16)9-12/h2-9H,10H2,1H3,(H2,17,18). The van der Waals surface area contributed by atoms with E-state index in [9.17, 15) is 0 Å². The van der Waals surface area contributed by atoms with Crippen molar-refractivity contribution in [2.75, 3.05) is 0 Å². The van der Waals surface area contributed by atoms with Gasteiger partial charge in [-0.3, -0.25) is 4.99 Å². The molecule has 0 heterocycles. The van der Waals surface area contributed by atoms with Crippen LogP contribution in [0.15, 0.2) is 53.5 Å². The van der Waals surface area contributed by atoms with Crippen molar-refractivity contribution in [1.29, 1.82) is 0 Å². The largest absolute Gasteiger partial charge is 0.383 e. The highest BCUT2D eigenvalue weighted by Crippen LogP contribution is 2.12. The predicted molar refractivity (Wildman–Crippen MR) is 77.1 cm³/mol. The van der Waals surface area contributed by atoms with Gasteiger partial charge in [0.2, 0.25) is 0 Å². The summed E-state index contributed by atoms with van der Waals surface area (Å²) in [5, 5.41) is 0.719. The van der Waals surface area contributed by atoms with Crippen molar-refractivity contribution in [2.45, 2.75) is 13.5 Å². The second kappa shape index (κ2) is 5.69. The SMILES string of the molecule is Cc1cccc(C(N)=NCc2cccc(Cl)c2)c1. The van der Waals surface area contributed by atoms with E-state index in [1.165, 1.54) is 5.56 Å². The lowest BCUT2D eigenvalue weighted by Crippen LogP contribution is -2.13. The van der Waals surface area contributed by atoms with Crippen LogP contribution in [-0.2, 0) is 6.54 Å². The van der Waals surface area contributed by atoms with Gasteiger partial charge in [0.25, 0.3) is 0 Å². The number of rotatable bonds is 3. The molecule has 2 rings (SSSR count). The van der Waals surface area contributed by atoms with Crippen molar-refractivity contribution in [2.24, 2.45) is 10.7 Å². The smallest absolute Gasteiger partial charge is 0.125 e. The van der Waals surface area contributed by atoms with Crippen LogP contribution in [0.1, 0.15) is 16.7 Å². The molecule has 0 aliphatic rings. The van der Waals surface area contributed by atoms with Gasteiger partial charge in [-0.05, 0) is 30.7 Å². The minimum absolute atomic E-state index is 0.542. The highest BCUT2D eigenvalue weighted by molar-refractivity contribution is 6.30. The molecule has 2 aromatic rings. The fourth-order valence-corrected chi connectivity index (χ4v) is 1.92. The van der Waals surface area contributed by atoms with Gasteiger partial charge in [0, 0.05) is 10.6 Å². The van der Waals surface area contributed by atoms with Crippen LogP contribution in [0.2, 0.25) is 5.02 Å². The van der Waals surface area contributed by atoms with E-state index < -0.39 is 0 Å². The third-order valence-corrected chi connectivity index (χ3v) is 2.87. The average molecular weight is 259 g/mol. The second-order valence-corrected chi connectivity index (χ2v) is 4.64. The lowest BCUT2D eigenvalue weighted by Gasteiger charge is -2.03. The summed E-state index contributed by atoms with van der Waals surface area (Å²) in [6.07, 6.45) is 0. The molecule has 0 spiro atoms.